The molecule has 2 heterocycles. The number of rotatable bonds is 6. The molecule has 0 radical (unpaired) electrons. The molecular formula is C28H26N4O5. The molecule has 3 aromatic rings. The van der Waals surface area contributed by atoms with E-state index in [1.807, 2.05) is 13.8 Å². The third kappa shape index (κ3) is 4.45. The molecule has 0 spiro atoms. The lowest BCUT2D eigenvalue weighted by Gasteiger charge is -2.36. The topological polar surface area (TPSA) is 132 Å². The summed E-state index contributed by atoms with van der Waals surface area (Å²) >= 11 is 0. The first-order valence-corrected chi connectivity index (χ1v) is 11.6. The summed E-state index contributed by atoms with van der Waals surface area (Å²) in [6.07, 6.45) is 0.709. The zero-order valence-electron chi connectivity index (χ0n) is 20.9. The second-order valence-electron chi connectivity index (χ2n) is 8.26. The molecule has 0 saturated carbocycles. The van der Waals surface area contributed by atoms with Crippen LogP contribution in [0.3, 0.4) is 0 Å². The number of aromatic nitrogens is 1. The van der Waals surface area contributed by atoms with Gasteiger partial charge in [-0.15, -0.1) is 0 Å². The Morgan fingerprint density at radius 2 is 1.81 bits per heavy atom. The number of ether oxygens (including phenoxy) is 2. The molecule has 0 amide bonds. The van der Waals surface area contributed by atoms with Crippen LogP contribution in [-0.2, 0) is 25.5 Å². The number of allylic oxidation sites excluding steroid dienone is 1. The third-order valence-corrected chi connectivity index (χ3v) is 6.19. The summed E-state index contributed by atoms with van der Waals surface area (Å²) in [6.45, 7) is 3.83. The van der Waals surface area contributed by atoms with Crippen LogP contribution in [0.2, 0.25) is 0 Å². The van der Waals surface area contributed by atoms with E-state index in [4.69, 9.17) is 19.6 Å². The maximum atomic E-state index is 13.2. The first kappa shape index (κ1) is 25.3. The predicted molar refractivity (Wildman–Crippen MR) is 136 cm³/mol. The molecule has 1 atom stereocenters. The van der Waals surface area contributed by atoms with Crippen LogP contribution in [-0.4, -0.2) is 31.1 Å². The number of methoxy groups -OCH3 is 2. The number of hydrogen-bond donors (Lipinski definition) is 1. The van der Waals surface area contributed by atoms with Gasteiger partial charge in [0.1, 0.15) is 17.3 Å². The van der Waals surface area contributed by atoms with Crippen LogP contribution in [0.15, 0.2) is 81.7 Å². The highest BCUT2D eigenvalue weighted by molar-refractivity contribution is 6.06. The molecule has 0 fully saturated rings. The molecule has 0 bridgehead atoms. The van der Waals surface area contributed by atoms with Crippen molar-refractivity contribution < 1.29 is 23.5 Å². The lowest BCUT2D eigenvalue weighted by atomic mass is 9.81. The van der Waals surface area contributed by atoms with Gasteiger partial charge in [-0.25, -0.2) is 14.6 Å². The molecule has 0 saturated heterocycles. The Bertz CT molecular complexity index is 1460. The first-order chi connectivity index (χ1) is 17.9. The molecule has 1 aliphatic heterocycles. The number of oxazole rings is 1. The van der Waals surface area contributed by atoms with E-state index < -0.39 is 17.9 Å². The van der Waals surface area contributed by atoms with Crippen molar-refractivity contribution >= 4 is 17.6 Å². The second-order valence-corrected chi connectivity index (χ2v) is 8.26. The second kappa shape index (κ2) is 10.4. The van der Waals surface area contributed by atoms with E-state index in [1.54, 1.807) is 54.6 Å². The lowest BCUT2D eigenvalue weighted by molar-refractivity contribution is -0.139. The Kier molecular flexibility index (Phi) is 7.11. The number of carbonyl (C=O) groups excluding carboxylic acids is 2. The molecule has 9 nitrogen and oxygen atoms in total. The molecule has 1 aromatic heterocycles. The Morgan fingerprint density at radius 1 is 1.11 bits per heavy atom. The van der Waals surface area contributed by atoms with E-state index >= 15 is 0 Å². The first-order valence-electron chi connectivity index (χ1n) is 11.6. The molecule has 37 heavy (non-hydrogen) atoms. The Hall–Kier alpha value is -4.84. The van der Waals surface area contributed by atoms with Crippen molar-refractivity contribution in [2.75, 3.05) is 19.1 Å². The summed E-state index contributed by atoms with van der Waals surface area (Å²) in [5, 5.41) is 10.2. The summed E-state index contributed by atoms with van der Waals surface area (Å²) in [5.74, 6) is -1.44. The van der Waals surface area contributed by atoms with E-state index in [0.717, 1.165) is 5.69 Å². The molecule has 2 aromatic carbocycles. The van der Waals surface area contributed by atoms with Crippen LogP contribution < -0.4 is 10.6 Å². The predicted octanol–water partition coefficient (Wildman–Crippen LogP) is 4.11. The van der Waals surface area contributed by atoms with Gasteiger partial charge in [0.2, 0.25) is 5.89 Å². The number of aryl methyl sites for hydroxylation is 2. The number of carbonyl (C=O) groups is 2. The third-order valence-electron chi connectivity index (χ3n) is 6.19. The highest BCUT2D eigenvalue weighted by Crippen LogP contribution is 2.43. The Morgan fingerprint density at radius 3 is 2.41 bits per heavy atom. The normalized spacial score (nSPS) is 15.4. The monoisotopic (exact) mass is 498 g/mol. The molecule has 0 aliphatic carbocycles. The van der Waals surface area contributed by atoms with Crippen LogP contribution >= 0.6 is 0 Å². The summed E-state index contributed by atoms with van der Waals surface area (Å²) in [7, 11) is 2.42. The van der Waals surface area contributed by atoms with E-state index in [1.165, 1.54) is 19.1 Å². The fraction of sp³-hybridized carbons (Fsp3) is 0.214. The highest BCUT2D eigenvalue weighted by Gasteiger charge is 2.43. The number of benzene rings is 2. The molecule has 4 rings (SSSR count). The number of hydrogen-bond acceptors (Lipinski definition) is 9. The maximum absolute atomic E-state index is 13.2. The minimum Gasteiger partial charge on any atom is -0.466 e. The van der Waals surface area contributed by atoms with Gasteiger partial charge in [0.05, 0.1) is 43.0 Å². The van der Waals surface area contributed by atoms with Gasteiger partial charge in [-0.3, -0.25) is 4.90 Å². The van der Waals surface area contributed by atoms with Crippen LogP contribution in [0.1, 0.15) is 29.9 Å². The van der Waals surface area contributed by atoms with Crippen molar-refractivity contribution in [1.82, 2.24) is 4.98 Å². The van der Waals surface area contributed by atoms with Crippen molar-refractivity contribution in [3.63, 3.8) is 0 Å². The molecule has 188 valence electrons. The number of nitriles is 1. The molecule has 1 unspecified atom stereocenters. The van der Waals surface area contributed by atoms with Crippen molar-refractivity contribution in [2.45, 2.75) is 26.2 Å². The number of nitrogens with zero attached hydrogens (tertiary/aromatic N) is 3. The van der Waals surface area contributed by atoms with Gasteiger partial charge in [0, 0.05) is 11.3 Å². The number of nitrogens with two attached hydrogens (primary N) is 1. The molecule has 9 heteroatoms. The number of esters is 2. The minimum absolute atomic E-state index is 0.0145. The standard InChI is InChI=1S/C28H26N4O5/c1-5-21-16(2)37-26(31-21)18-12-9-13-19(14-18)32-24(28(34)36-4)23(27(33)35-3)22(20(15-29)25(32)30)17-10-7-6-8-11-17/h6-14,22H,5,30H2,1-4H3. The van der Waals surface area contributed by atoms with Crippen molar-refractivity contribution in [3.05, 3.63) is 94.3 Å². The fourth-order valence-corrected chi connectivity index (χ4v) is 4.44. The van der Waals surface area contributed by atoms with Crippen LogP contribution in [0.25, 0.3) is 11.5 Å². The summed E-state index contributed by atoms with van der Waals surface area (Å²) in [5.41, 5.74) is 8.92. The molecule has 1 aliphatic rings. The van der Waals surface area contributed by atoms with E-state index in [0.29, 0.717) is 34.9 Å². The molecule has 2 N–H and O–H groups in total. The van der Waals surface area contributed by atoms with Crippen LogP contribution in [0.5, 0.6) is 0 Å². The van der Waals surface area contributed by atoms with Gasteiger partial charge >= 0.3 is 11.9 Å². The lowest BCUT2D eigenvalue weighted by Crippen LogP contribution is -2.40. The largest absolute Gasteiger partial charge is 0.466 e. The maximum Gasteiger partial charge on any atom is 0.355 e. The van der Waals surface area contributed by atoms with Gasteiger partial charge in [-0.05, 0) is 37.1 Å². The van der Waals surface area contributed by atoms with Gasteiger partial charge in [-0.1, -0.05) is 43.3 Å². The van der Waals surface area contributed by atoms with Crippen LogP contribution in [0.4, 0.5) is 5.69 Å². The zero-order valence-corrected chi connectivity index (χ0v) is 20.9. The smallest absolute Gasteiger partial charge is 0.355 e. The summed E-state index contributed by atoms with van der Waals surface area (Å²) in [6, 6.07) is 17.9. The summed E-state index contributed by atoms with van der Waals surface area (Å²) < 4.78 is 16.0. The Labute approximate surface area is 214 Å². The minimum atomic E-state index is -0.936. The van der Waals surface area contributed by atoms with Crippen molar-refractivity contribution in [3.8, 4) is 17.5 Å². The van der Waals surface area contributed by atoms with Crippen molar-refractivity contribution in [2.24, 2.45) is 5.73 Å². The fourth-order valence-electron chi connectivity index (χ4n) is 4.44. The quantitative estimate of drug-likeness (QED) is 0.499. The van der Waals surface area contributed by atoms with Crippen LogP contribution in [0, 0.1) is 18.3 Å². The van der Waals surface area contributed by atoms with Gasteiger partial charge in [-0.2, -0.15) is 5.26 Å². The van der Waals surface area contributed by atoms with E-state index in [-0.39, 0.29) is 22.7 Å². The SMILES string of the molecule is CCc1nc(-c2cccc(N3C(N)=C(C#N)C(c4ccccc4)C(C(=O)OC)=C3C(=O)OC)c2)oc1C. The highest BCUT2D eigenvalue weighted by atomic mass is 16.5. The zero-order chi connectivity index (χ0) is 26.7. The number of anilines is 1. The molecular weight excluding hydrogens is 472 g/mol. The average molecular weight is 499 g/mol. The summed E-state index contributed by atoms with van der Waals surface area (Å²) in [4.78, 5) is 32.3. The van der Waals surface area contributed by atoms with E-state index in [2.05, 4.69) is 11.1 Å². The van der Waals surface area contributed by atoms with E-state index in [9.17, 15) is 14.9 Å². The average Bonchev–Trinajstić information content (AvgIpc) is 3.32. The van der Waals surface area contributed by atoms with Gasteiger partial charge < -0.3 is 19.6 Å². The Balaban J connectivity index is 1.99. The van der Waals surface area contributed by atoms with Gasteiger partial charge in [0.25, 0.3) is 0 Å². The van der Waals surface area contributed by atoms with Gasteiger partial charge in [0.15, 0.2) is 0 Å². The van der Waals surface area contributed by atoms with Crippen molar-refractivity contribution in [1.29, 1.82) is 5.26 Å².